The Kier molecular flexibility index (Phi) is 7.13. The van der Waals surface area contributed by atoms with Gasteiger partial charge in [-0.25, -0.2) is 0 Å². The van der Waals surface area contributed by atoms with Gasteiger partial charge in [0.2, 0.25) is 5.91 Å². The van der Waals surface area contributed by atoms with Crippen LogP contribution in [-0.4, -0.2) is 19.1 Å². The van der Waals surface area contributed by atoms with Crippen LogP contribution >= 0.6 is 15.9 Å². The van der Waals surface area contributed by atoms with Crippen molar-refractivity contribution >= 4 is 27.5 Å². The molecule has 2 rings (SSSR count). The maximum Gasteiger partial charge on any atom is 0.221 e. The van der Waals surface area contributed by atoms with Crippen LogP contribution in [0.4, 0.5) is 5.69 Å². The van der Waals surface area contributed by atoms with Crippen LogP contribution in [-0.2, 0) is 11.4 Å². The van der Waals surface area contributed by atoms with Gasteiger partial charge in [-0.3, -0.25) is 4.79 Å². The highest BCUT2D eigenvalue weighted by molar-refractivity contribution is 9.10. The maximum atomic E-state index is 11.0. The van der Waals surface area contributed by atoms with E-state index >= 15 is 0 Å². The van der Waals surface area contributed by atoms with Gasteiger partial charge in [0.05, 0.1) is 13.2 Å². The predicted octanol–water partition coefficient (Wildman–Crippen LogP) is 4.78. The van der Waals surface area contributed by atoms with Crippen molar-refractivity contribution in [2.24, 2.45) is 0 Å². The zero-order valence-electron chi connectivity index (χ0n) is 14.6. The fourth-order valence-corrected chi connectivity index (χ4v) is 2.66. The average Bonchev–Trinajstić information content (AvgIpc) is 2.57. The molecule has 134 valence electrons. The number of rotatable bonds is 8. The first-order valence-corrected chi connectivity index (χ1v) is 8.91. The molecule has 0 heterocycles. The molecule has 0 aromatic heterocycles. The lowest BCUT2D eigenvalue weighted by Crippen LogP contribution is -2.05. The fourth-order valence-electron chi connectivity index (χ4n) is 2.22. The van der Waals surface area contributed by atoms with Crippen molar-refractivity contribution in [2.75, 3.05) is 18.5 Å². The van der Waals surface area contributed by atoms with Crippen LogP contribution in [0.25, 0.3) is 0 Å². The summed E-state index contributed by atoms with van der Waals surface area (Å²) in [5.41, 5.74) is 1.69. The Labute approximate surface area is 156 Å². The molecule has 2 aromatic rings. The number of nitrogens with one attached hydrogen (secondary N) is 1. The van der Waals surface area contributed by atoms with E-state index in [1.165, 1.54) is 6.92 Å². The minimum Gasteiger partial charge on any atom is -0.490 e. The highest BCUT2D eigenvalue weighted by atomic mass is 79.9. The molecular weight excluding hydrogens is 386 g/mol. The van der Waals surface area contributed by atoms with E-state index in [-0.39, 0.29) is 5.91 Å². The smallest absolute Gasteiger partial charge is 0.221 e. The summed E-state index contributed by atoms with van der Waals surface area (Å²) in [5.74, 6) is 2.02. The van der Waals surface area contributed by atoms with Gasteiger partial charge in [0.1, 0.15) is 12.4 Å². The van der Waals surface area contributed by atoms with Crippen LogP contribution in [0.3, 0.4) is 0 Å². The molecule has 5 nitrogen and oxygen atoms in total. The van der Waals surface area contributed by atoms with Crippen molar-refractivity contribution in [1.82, 2.24) is 0 Å². The Balaban J connectivity index is 2.09. The van der Waals surface area contributed by atoms with Crippen molar-refractivity contribution in [2.45, 2.75) is 27.4 Å². The molecule has 0 aliphatic heterocycles. The van der Waals surface area contributed by atoms with Gasteiger partial charge in [-0.15, -0.1) is 0 Å². The van der Waals surface area contributed by atoms with E-state index in [0.717, 1.165) is 15.7 Å². The Morgan fingerprint density at radius 1 is 1.00 bits per heavy atom. The molecular formula is C19H22BrNO4. The van der Waals surface area contributed by atoms with E-state index < -0.39 is 0 Å². The Bertz CT molecular complexity index is 716. The lowest BCUT2D eigenvalue weighted by atomic mass is 10.2. The number of hydrogen-bond acceptors (Lipinski definition) is 4. The van der Waals surface area contributed by atoms with Crippen molar-refractivity contribution in [3.63, 3.8) is 0 Å². The molecule has 2 aromatic carbocycles. The van der Waals surface area contributed by atoms with Crippen molar-refractivity contribution in [1.29, 1.82) is 0 Å². The summed E-state index contributed by atoms with van der Waals surface area (Å²) in [6.45, 7) is 6.86. The first kappa shape index (κ1) is 19.1. The summed E-state index contributed by atoms with van der Waals surface area (Å²) in [6, 6.07) is 11.1. The van der Waals surface area contributed by atoms with Crippen LogP contribution in [0, 0.1) is 0 Å². The summed E-state index contributed by atoms with van der Waals surface area (Å²) < 4.78 is 18.0. The number of amides is 1. The summed E-state index contributed by atoms with van der Waals surface area (Å²) in [7, 11) is 0. The largest absolute Gasteiger partial charge is 0.490 e. The molecule has 0 saturated carbocycles. The Morgan fingerprint density at radius 3 is 2.16 bits per heavy atom. The zero-order chi connectivity index (χ0) is 18.2. The second-order valence-electron chi connectivity index (χ2n) is 5.25. The van der Waals surface area contributed by atoms with Crippen molar-refractivity contribution in [3.05, 3.63) is 46.4 Å². The minimum atomic E-state index is -0.101. The Morgan fingerprint density at radius 2 is 1.60 bits per heavy atom. The van der Waals surface area contributed by atoms with E-state index in [9.17, 15) is 4.79 Å². The van der Waals surface area contributed by atoms with E-state index in [1.807, 2.05) is 38.1 Å². The number of halogens is 1. The number of anilines is 1. The monoisotopic (exact) mass is 407 g/mol. The molecule has 1 amide bonds. The first-order chi connectivity index (χ1) is 12.0. The molecule has 0 unspecified atom stereocenters. The van der Waals surface area contributed by atoms with Crippen LogP contribution in [0.15, 0.2) is 40.9 Å². The first-order valence-electron chi connectivity index (χ1n) is 8.12. The van der Waals surface area contributed by atoms with Gasteiger partial charge in [0, 0.05) is 22.6 Å². The normalized spacial score (nSPS) is 10.2. The van der Waals surface area contributed by atoms with Gasteiger partial charge in [-0.2, -0.15) is 0 Å². The van der Waals surface area contributed by atoms with Gasteiger partial charge in [0.15, 0.2) is 11.5 Å². The van der Waals surface area contributed by atoms with Crippen molar-refractivity contribution in [3.8, 4) is 17.2 Å². The molecule has 0 atom stereocenters. The summed E-state index contributed by atoms with van der Waals surface area (Å²) >= 11 is 3.55. The molecule has 1 N–H and O–H groups in total. The zero-order valence-corrected chi connectivity index (χ0v) is 16.2. The van der Waals surface area contributed by atoms with Gasteiger partial charge >= 0.3 is 0 Å². The number of carbonyl (C=O) groups is 1. The highest BCUT2D eigenvalue weighted by Crippen LogP contribution is 2.34. The van der Waals surface area contributed by atoms with Crippen LogP contribution in [0.1, 0.15) is 26.3 Å². The summed E-state index contributed by atoms with van der Waals surface area (Å²) in [5, 5.41) is 2.72. The number of carbonyl (C=O) groups excluding carboxylic acids is 1. The average molecular weight is 408 g/mol. The number of hydrogen-bond donors (Lipinski definition) is 1. The van der Waals surface area contributed by atoms with Crippen LogP contribution in [0.2, 0.25) is 0 Å². The standard InChI is InChI=1S/C19H22BrNO4/c1-4-23-18-10-14(17(20)11-19(18)24-5-2)12-25-16-8-6-15(7-9-16)21-13(3)22/h6-11H,4-5,12H2,1-3H3,(H,21,22). The quantitative estimate of drug-likeness (QED) is 0.683. The van der Waals surface area contributed by atoms with Gasteiger partial charge in [0.25, 0.3) is 0 Å². The fraction of sp³-hybridized carbons (Fsp3) is 0.316. The summed E-state index contributed by atoms with van der Waals surface area (Å²) in [6.07, 6.45) is 0. The SMILES string of the molecule is CCOc1cc(Br)c(COc2ccc(NC(C)=O)cc2)cc1OCC. The minimum absolute atomic E-state index is 0.101. The third-order valence-electron chi connectivity index (χ3n) is 3.28. The summed E-state index contributed by atoms with van der Waals surface area (Å²) in [4.78, 5) is 11.0. The second kappa shape index (κ2) is 9.32. The van der Waals surface area contributed by atoms with E-state index in [1.54, 1.807) is 12.1 Å². The second-order valence-corrected chi connectivity index (χ2v) is 6.10. The van der Waals surface area contributed by atoms with Gasteiger partial charge < -0.3 is 19.5 Å². The number of ether oxygens (including phenoxy) is 3. The lowest BCUT2D eigenvalue weighted by Gasteiger charge is -2.15. The predicted molar refractivity (Wildman–Crippen MR) is 102 cm³/mol. The van der Waals surface area contributed by atoms with Crippen LogP contribution < -0.4 is 19.5 Å². The molecule has 0 aliphatic rings. The topological polar surface area (TPSA) is 56.8 Å². The molecule has 0 aliphatic carbocycles. The van der Waals surface area contributed by atoms with E-state index in [2.05, 4.69) is 21.2 Å². The number of benzene rings is 2. The highest BCUT2D eigenvalue weighted by Gasteiger charge is 2.11. The molecule has 25 heavy (non-hydrogen) atoms. The molecule has 0 bridgehead atoms. The van der Waals surface area contributed by atoms with Crippen molar-refractivity contribution < 1.29 is 19.0 Å². The molecule has 0 saturated heterocycles. The lowest BCUT2D eigenvalue weighted by molar-refractivity contribution is -0.114. The molecule has 0 fully saturated rings. The third-order valence-corrected chi connectivity index (χ3v) is 4.02. The molecule has 0 spiro atoms. The Hall–Kier alpha value is -2.21. The van der Waals surface area contributed by atoms with E-state index in [0.29, 0.717) is 37.1 Å². The maximum absolute atomic E-state index is 11.0. The van der Waals surface area contributed by atoms with E-state index in [4.69, 9.17) is 14.2 Å². The van der Waals surface area contributed by atoms with Crippen LogP contribution in [0.5, 0.6) is 17.2 Å². The van der Waals surface area contributed by atoms with Gasteiger partial charge in [-0.05, 0) is 50.2 Å². The molecule has 0 radical (unpaired) electrons. The van der Waals surface area contributed by atoms with Gasteiger partial charge in [-0.1, -0.05) is 15.9 Å². The molecule has 6 heteroatoms. The third kappa shape index (κ3) is 5.67.